The molecule has 664 valence electrons. The molecular formula is C105H132ClN3O15. The van der Waals surface area contributed by atoms with Crippen molar-refractivity contribution in [1.29, 1.82) is 5.26 Å². The first kappa shape index (κ1) is 103. The van der Waals surface area contributed by atoms with Crippen LogP contribution in [0.4, 0.5) is 5.69 Å². The summed E-state index contributed by atoms with van der Waals surface area (Å²) in [5.41, 5.74) is 18.6. The van der Waals surface area contributed by atoms with Gasteiger partial charge >= 0.3 is 29.8 Å². The highest BCUT2D eigenvalue weighted by Gasteiger charge is 2.28. The van der Waals surface area contributed by atoms with E-state index in [2.05, 4.69) is 223 Å². The van der Waals surface area contributed by atoms with Crippen molar-refractivity contribution in [2.75, 3.05) is 13.4 Å². The van der Waals surface area contributed by atoms with E-state index in [4.69, 9.17) is 56.6 Å². The molecule has 0 spiro atoms. The maximum atomic E-state index is 10.8. The molecule has 19 heteroatoms. The van der Waals surface area contributed by atoms with Crippen LogP contribution in [0.3, 0.4) is 0 Å². The van der Waals surface area contributed by atoms with E-state index in [1.165, 1.54) is 94.1 Å². The van der Waals surface area contributed by atoms with Gasteiger partial charge < -0.3 is 39.7 Å². The molecule has 2 aliphatic heterocycles. The Kier molecular flexibility index (Phi) is 35.6. The molecule has 124 heavy (non-hydrogen) atoms. The average Bonchev–Trinajstić information content (AvgIpc) is 1.32. The van der Waals surface area contributed by atoms with E-state index in [0.717, 1.165) is 64.5 Å². The fourth-order valence-corrected chi connectivity index (χ4v) is 13.0. The summed E-state index contributed by atoms with van der Waals surface area (Å²) in [7, 11) is 0. The van der Waals surface area contributed by atoms with Crippen molar-refractivity contribution in [3.8, 4) is 23.3 Å². The third kappa shape index (κ3) is 31.7. The number of hydrogen-bond acceptors (Lipinski definition) is 12. The van der Waals surface area contributed by atoms with Crippen LogP contribution in [-0.2, 0) is 74.4 Å². The summed E-state index contributed by atoms with van der Waals surface area (Å²) in [5, 5.41) is 63.8. The van der Waals surface area contributed by atoms with Gasteiger partial charge in [-0.3, -0.25) is 15.1 Å². The van der Waals surface area contributed by atoms with Gasteiger partial charge in [0.25, 0.3) is 5.69 Å². The fourth-order valence-electron chi connectivity index (χ4n) is 12.8. The number of pyridine rings is 1. The highest BCUT2D eigenvalue weighted by atomic mass is 35.5. The van der Waals surface area contributed by atoms with Gasteiger partial charge in [0.2, 0.25) is 6.79 Å². The second-order valence-electron chi connectivity index (χ2n) is 40.5. The smallest absolute Gasteiger partial charge is 0.342 e. The number of benzene rings is 8. The molecule has 4 aliphatic rings. The minimum atomic E-state index is -1.29. The second-order valence-corrected chi connectivity index (χ2v) is 41.0. The topological polar surface area (TPSA) is 294 Å². The molecule has 0 saturated carbocycles. The van der Waals surface area contributed by atoms with Gasteiger partial charge in [0.05, 0.1) is 44.4 Å². The van der Waals surface area contributed by atoms with E-state index in [1.807, 2.05) is 71.9 Å². The summed E-state index contributed by atoms with van der Waals surface area (Å²) >= 11 is 5.85. The number of nitrogens with zero attached hydrogens (tertiary/aromatic N) is 3. The molecule has 3 heterocycles. The van der Waals surface area contributed by atoms with Crippen molar-refractivity contribution in [3.05, 3.63) is 303 Å². The van der Waals surface area contributed by atoms with Crippen LogP contribution in [-0.4, -0.2) is 78.7 Å². The molecule has 13 rings (SSSR count). The average molecular weight is 1710 g/mol. The predicted octanol–water partition coefficient (Wildman–Crippen LogP) is 26.3. The maximum Gasteiger partial charge on any atom is 0.342 e. The summed E-state index contributed by atoms with van der Waals surface area (Å²) in [4.78, 5) is 68.1. The number of ether oxygens (including phenoxy) is 3. The van der Waals surface area contributed by atoms with Crippen molar-refractivity contribution in [3.63, 3.8) is 0 Å². The largest absolute Gasteiger partial charge is 0.493 e. The molecule has 1 aromatic heterocycles. The van der Waals surface area contributed by atoms with Crippen LogP contribution in [0, 0.1) is 21.4 Å². The van der Waals surface area contributed by atoms with Crippen molar-refractivity contribution in [2.24, 2.45) is 0 Å². The third-order valence-corrected chi connectivity index (χ3v) is 21.3. The first-order chi connectivity index (χ1) is 57.0. The molecule has 0 bridgehead atoms. The normalized spacial score (nSPS) is 13.0. The Hall–Kier alpha value is -11.4. The maximum absolute atomic E-state index is 10.8. The van der Waals surface area contributed by atoms with Crippen LogP contribution in [0.5, 0.6) is 17.2 Å². The first-order valence-corrected chi connectivity index (χ1v) is 42.4. The lowest BCUT2D eigenvalue weighted by atomic mass is 9.85. The Bertz CT molecular complexity index is 5200. The number of nitriles is 1. The molecule has 2 aliphatic carbocycles. The van der Waals surface area contributed by atoms with Gasteiger partial charge in [0, 0.05) is 23.4 Å². The monoisotopic (exact) mass is 1710 g/mol. The number of hydrogen-bond donors (Lipinski definition) is 5. The zero-order valence-electron chi connectivity index (χ0n) is 78.0. The number of carbonyl (C=O) groups is 5. The number of carboxylic acids is 5. The van der Waals surface area contributed by atoms with Crippen LogP contribution in [0.2, 0.25) is 5.02 Å². The Morgan fingerprint density at radius 1 is 0.395 bits per heavy atom. The van der Waals surface area contributed by atoms with Crippen LogP contribution in [0.1, 0.15) is 335 Å². The SMILES string of the molecule is CC(C)(C)c1cc2c(cn1)CCC2.CC(C)(C)c1ccc(C(=O)O)c(C#N)c1.CC(C)(C)c1ccc(C(=O)O)c(Cl)c1.CC(C)(C)c1ccc(C(=O)O)c([N+](=O)[O-])c1.CC(C)(C)c1ccc(C(=O)O)cc1.CC(C)(C)c1ccc2c(c1)CC=C2.CC(C)(C)c1ccc2c(c1)CCCO2.CC(C)(C)c1ccc2c(c1)OCO2.CC(C)(C)c1cccc(C(=O)O)c1. The number of allylic oxidation sites excluding steroid dienone is 1. The van der Waals surface area contributed by atoms with Gasteiger partial charge in [0.1, 0.15) is 17.4 Å². The molecule has 0 radical (unpaired) electrons. The zero-order chi connectivity index (χ0) is 93.8. The molecular weight excluding hydrogens is 1580 g/mol. The number of fused-ring (bicyclic) bond motifs is 4. The summed E-state index contributed by atoms with van der Waals surface area (Å²) in [6, 6.07) is 52.0. The quantitative estimate of drug-likeness (QED) is 0.0763. The number of nitro benzene ring substituents is 1. The van der Waals surface area contributed by atoms with Crippen molar-refractivity contribution >= 4 is 53.2 Å². The summed E-state index contributed by atoms with van der Waals surface area (Å²) in [5.74, 6) is -2.27. The van der Waals surface area contributed by atoms with Crippen molar-refractivity contribution in [2.45, 2.75) is 274 Å². The van der Waals surface area contributed by atoms with Crippen LogP contribution >= 0.6 is 11.6 Å². The summed E-state index contributed by atoms with van der Waals surface area (Å²) in [6.07, 6.45) is 13.7. The van der Waals surface area contributed by atoms with Crippen LogP contribution in [0.15, 0.2) is 176 Å². The second kappa shape index (κ2) is 42.8. The number of aromatic nitrogens is 1. The van der Waals surface area contributed by atoms with Gasteiger partial charge in [0.15, 0.2) is 11.5 Å². The van der Waals surface area contributed by atoms with E-state index in [0.29, 0.717) is 22.9 Å². The molecule has 0 saturated heterocycles. The van der Waals surface area contributed by atoms with E-state index >= 15 is 0 Å². The molecule has 0 unspecified atom stereocenters. The van der Waals surface area contributed by atoms with Crippen LogP contribution in [0.25, 0.3) is 6.08 Å². The summed E-state index contributed by atoms with van der Waals surface area (Å²) in [6.45, 7) is 58.4. The fraction of sp³-hybridized carbons (Fsp3) is 0.419. The third-order valence-electron chi connectivity index (χ3n) is 21.0. The number of carboxylic acid groups (broad SMARTS) is 5. The Balaban J connectivity index is 0.000000248. The first-order valence-electron chi connectivity index (χ1n) is 42.0. The predicted molar refractivity (Wildman–Crippen MR) is 500 cm³/mol. The highest BCUT2D eigenvalue weighted by molar-refractivity contribution is 6.33. The number of aromatic carboxylic acids is 5. The number of rotatable bonds is 6. The lowest BCUT2D eigenvalue weighted by Gasteiger charge is -2.23. The standard InChI is InChI=1S/C13H18O.C13H16.C12H13NO2.C12H17N.C11H13ClO2.C11H13NO4.3C11H14O2/c1-13(2,3)11-6-7-12-10(9-11)5-4-8-14-12;1-13(2,3)12-8-7-10-5-4-6-11(10)9-12;1-12(2,3)9-4-5-10(11(14)15)8(6-9)7-13;1-12(2,3)11-7-9-5-4-6-10(9)8-13-11;1-11(2,3)7-4-5-8(10(13)14)9(12)6-7;1-11(2,3)7-4-5-8(10(13)14)9(6-7)12(15)16;1-11(2,3)8-4-5-9-10(6-8)13-7-12-9;1-11(2,3)9-6-4-8(5-7-9)10(12)13;1-11(2,3)9-6-4-5-8(7-9)10(12)13/h6-7,9H,4-5,8H2,1-3H3;4-5,7-9H,6H2,1-3H3;4-6H,1-3H3,(H,14,15);7-8H,4-6H2,1-3H3;4-6H,1-3H3,(H,13,14);4-6H,1-3H3,(H,13,14);4-6H,7H2,1-3H3;2*4-7H,1-3H3,(H,12,13). The molecule has 0 atom stereocenters. The Morgan fingerprint density at radius 2 is 0.815 bits per heavy atom. The number of aryl methyl sites for hydroxylation is 3. The minimum absolute atomic E-state index is 0.00542. The minimum Gasteiger partial charge on any atom is -0.493 e. The molecule has 5 N–H and O–H groups in total. The van der Waals surface area contributed by atoms with E-state index < -0.39 is 34.8 Å². The highest BCUT2D eigenvalue weighted by Crippen LogP contribution is 2.38. The molecule has 9 aromatic rings. The van der Waals surface area contributed by atoms with Crippen molar-refractivity contribution < 1.29 is 68.6 Å². The van der Waals surface area contributed by atoms with Gasteiger partial charge in [-0.15, -0.1) is 0 Å². The number of halogens is 1. The van der Waals surface area contributed by atoms with E-state index in [1.54, 1.807) is 66.7 Å². The lowest BCUT2D eigenvalue weighted by Crippen LogP contribution is -2.14. The zero-order valence-corrected chi connectivity index (χ0v) is 78.8. The van der Waals surface area contributed by atoms with Crippen molar-refractivity contribution in [1.82, 2.24) is 4.98 Å². The molecule has 18 nitrogen and oxygen atoms in total. The summed E-state index contributed by atoms with van der Waals surface area (Å²) < 4.78 is 16.1. The van der Waals surface area contributed by atoms with Gasteiger partial charge in [-0.2, -0.15) is 5.26 Å². The van der Waals surface area contributed by atoms with E-state index in [9.17, 15) is 34.1 Å². The number of nitro groups is 1. The van der Waals surface area contributed by atoms with Gasteiger partial charge in [-0.1, -0.05) is 290 Å². The van der Waals surface area contributed by atoms with Gasteiger partial charge in [-0.05, 0) is 233 Å². The Morgan fingerprint density at radius 3 is 1.30 bits per heavy atom. The molecule has 0 fully saturated rings. The van der Waals surface area contributed by atoms with Gasteiger partial charge in [-0.25, -0.2) is 24.0 Å². The Labute approximate surface area is 741 Å². The lowest BCUT2D eigenvalue weighted by molar-refractivity contribution is -0.385. The molecule has 8 aromatic carbocycles. The van der Waals surface area contributed by atoms with Crippen LogP contribution < -0.4 is 14.2 Å². The van der Waals surface area contributed by atoms with E-state index in [-0.39, 0.29) is 76.7 Å². The molecule has 0 amide bonds.